The smallest absolute Gasteiger partial charge is 0.147 e. The molecule has 5 nitrogen and oxygen atoms in total. The Bertz CT molecular complexity index is 969. The van der Waals surface area contributed by atoms with Crippen LogP contribution in [0.2, 0.25) is 0 Å². The normalized spacial score (nSPS) is 10.9. The molecule has 0 aliphatic rings. The minimum atomic E-state index is -0.404. The highest BCUT2D eigenvalue weighted by Gasteiger charge is 2.18. The van der Waals surface area contributed by atoms with Gasteiger partial charge in [-0.1, -0.05) is 18.2 Å². The Balaban J connectivity index is 2.00. The van der Waals surface area contributed by atoms with Crippen LogP contribution in [0.3, 0.4) is 0 Å². The fraction of sp³-hybridized carbons (Fsp3) is 0.250. The highest BCUT2D eigenvalue weighted by Crippen LogP contribution is 2.30. The molecule has 3 N–H and O–H groups in total. The molecule has 1 heterocycles. The number of aromatic nitrogens is 2. The predicted molar refractivity (Wildman–Crippen MR) is 101 cm³/mol. The zero-order chi connectivity index (χ0) is 19.6. The molecule has 2 aromatic carbocycles. The molecule has 0 saturated carbocycles. The van der Waals surface area contributed by atoms with Gasteiger partial charge < -0.3 is 15.8 Å². The maximum atomic E-state index is 14.4. The Morgan fingerprint density at radius 1 is 1.15 bits per heavy atom. The van der Waals surface area contributed by atoms with Gasteiger partial charge in [0, 0.05) is 31.6 Å². The van der Waals surface area contributed by atoms with E-state index in [1.165, 1.54) is 19.2 Å². The van der Waals surface area contributed by atoms with Crippen molar-refractivity contribution in [2.24, 2.45) is 12.8 Å². The van der Waals surface area contributed by atoms with E-state index in [2.05, 4.69) is 10.4 Å². The van der Waals surface area contributed by atoms with Gasteiger partial charge >= 0.3 is 0 Å². The standard InChI is InChI=1S/C20H22F2N4O/c1-12-16(9-13-7-8-15(27-3)10-18(13)22)20(26(2)25-12)24-19-14(11-23)5-4-6-17(19)21/h4-8,10,24H,9,11,23H2,1-3H3. The number of anilines is 2. The van der Waals surface area contributed by atoms with Gasteiger partial charge in [0.15, 0.2) is 0 Å². The molecule has 7 heteroatoms. The second-order valence-electron chi connectivity index (χ2n) is 6.27. The van der Waals surface area contributed by atoms with Crippen molar-refractivity contribution in [1.82, 2.24) is 9.78 Å². The first-order chi connectivity index (χ1) is 12.9. The van der Waals surface area contributed by atoms with E-state index in [4.69, 9.17) is 10.5 Å². The van der Waals surface area contributed by atoms with Gasteiger partial charge in [0.2, 0.25) is 0 Å². The number of para-hydroxylation sites is 1. The maximum absolute atomic E-state index is 14.4. The van der Waals surface area contributed by atoms with Gasteiger partial charge in [-0.25, -0.2) is 8.78 Å². The largest absolute Gasteiger partial charge is 0.497 e. The molecule has 0 unspecified atom stereocenters. The Hall–Kier alpha value is -2.93. The second kappa shape index (κ2) is 7.75. The zero-order valence-electron chi connectivity index (χ0n) is 15.5. The minimum Gasteiger partial charge on any atom is -0.497 e. The molecule has 1 aromatic heterocycles. The molecule has 27 heavy (non-hydrogen) atoms. The number of benzene rings is 2. The van der Waals surface area contributed by atoms with Crippen LogP contribution in [0.25, 0.3) is 0 Å². The average molecular weight is 372 g/mol. The number of hydrogen-bond acceptors (Lipinski definition) is 4. The highest BCUT2D eigenvalue weighted by molar-refractivity contribution is 5.65. The molecule has 0 aliphatic carbocycles. The van der Waals surface area contributed by atoms with E-state index in [1.54, 1.807) is 36.0 Å². The van der Waals surface area contributed by atoms with E-state index in [0.29, 0.717) is 34.8 Å². The lowest BCUT2D eigenvalue weighted by Crippen LogP contribution is -2.08. The summed E-state index contributed by atoms with van der Waals surface area (Å²) in [6.07, 6.45) is 0.310. The van der Waals surface area contributed by atoms with E-state index < -0.39 is 5.82 Å². The molecule has 0 radical (unpaired) electrons. The Morgan fingerprint density at radius 3 is 2.59 bits per heavy atom. The van der Waals surface area contributed by atoms with Crippen molar-refractivity contribution in [3.63, 3.8) is 0 Å². The predicted octanol–water partition coefficient (Wildman–Crippen LogP) is 3.81. The van der Waals surface area contributed by atoms with Crippen molar-refractivity contribution in [1.29, 1.82) is 0 Å². The van der Waals surface area contributed by atoms with E-state index in [-0.39, 0.29) is 12.4 Å². The first-order valence-electron chi connectivity index (χ1n) is 8.54. The van der Waals surface area contributed by atoms with Gasteiger partial charge in [0.05, 0.1) is 18.5 Å². The summed E-state index contributed by atoms with van der Waals surface area (Å²) in [6.45, 7) is 2.03. The Labute approximate surface area is 156 Å². The van der Waals surface area contributed by atoms with Crippen molar-refractivity contribution in [3.05, 3.63) is 70.4 Å². The second-order valence-corrected chi connectivity index (χ2v) is 6.27. The van der Waals surface area contributed by atoms with Crippen LogP contribution >= 0.6 is 0 Å². The maximum Gasteiger partial charge on any atom is 0.147 e. The zero-order valence-corrected chi connectivity index (χ0v) is 15.5. The molecule has 0 saturated heterocycles. The quantitative estimate of drug-likeness (QED) is 0.691. The number of methoxy groups -OCH3 is 1. The summed E-state index contributed by atoms with van der Waals surface area (Å²) in [6, 6.07) is 9.48. The molecule has 0 bridgehead atoms. The fourth-order valence-corrected chi connectivity index (χ4v) is 3.06. The number of ether oxygens (including phenoxy) is 1. The molecule has 3 aromatic rings. The van der Waals surface area contributed by atoms with Gasteiger partial charge in [-0.2, -0.15) is 5.10 Å². The number of hydrogen-bond donors (Lipinski definition) is 2. The summed E-state index contributed by atoms with van der Waals surface area (Å²) in [4.78, 5) is 0. The van der Waals surface area contributed by atoms with E-state index in [0.717, 1.165) is 11.3 Å². The topological polar surface area (TPSA) is 65.1 Å². The lowest BCUT2D eigenvalue weighted by Gasteiger charge is -2.14. The number of rotatable bonds is 6. The minimum absolute atomic E-state index is 0.194. The summed E-state index contributed by atoms with van der Waals surface area (Å²) in [7, 11) is 3.25. The molecule has 0 spiro atoms. The average Bonchev–Trinajstić information content (AvgIpc) is 2.91. The first-order valence-corrected chi connectivity index (χ1v) is 8.54. The van der Waals surface area contributed by atoms with Crippen LogP contribution in [-0.4, -0.2) is 16.9 Å². The number of aryl methyl sites for hydroxylation is 2. The lowest BCUT2D eigenvalue weighted by molar-refractivity contribution is 0.411. The van der Waals surface area contributed by atoms with Gasteiger partial charge in [-0.05, 0) is 30.2 Å². The number of halogens is 2. The molecule has 0 fully saturated rings. The van der Waals surface area contributed by atoms with Crippen molar-refractivity contribution in [2.45, 2.75) is 19.9 Å². The van der Waals surface area contributed by atoms with Crippen molar-refractivity contribution in [2.75, 3.05) is 12.4 Å². The van der Waals surface area contributed by atoms with Crippen molar-refractivity contribution in [3.8, 4) is 5.75 Å². The molecular weight excluding hydrogens is 350 g/mol. The van der Waals surface area contributed by atoms with Crippen LogP contribution in [0.4, 0.5) is 20.3 Å². The number of nitrogens with one attached hydrogen (secondary N) is 1. The molecule has 142 valence electrons. The highest BCUT2D eigenvalue weighted by atomic mass is 19.1. The molecule has 3 rings (SSSR count). The lowest BCUT2D eigenvalue weighted by atomic mass is 10.0. The summed E-state index contributed by atoms with van der Waals surface area (Å²) in [5, 5.41) is 7.52. The monoisotopic (exact) mass is 372 g/mol. The van der Waals surface area contributed by atoms with Crippen LogP contribution in [0.15, 0.2) is 36.4 Å². The van der Waals surface area contributed by atoms with Gasteiger partial charge in [-0.3, -0.25) is 4.68 Å². The summed E-state index contributed by atoms with van der Waals surface area (Å²) >= 11 is 0. The molecule has 0 aliphatic heterocycles. The van der Waals surface area contributed by atoms with Crippen LogP contribution in [-0.2, 0) is 20.0 Å². The summed E-state index contributed by atoms with van der Waals surface area (Å²) in [5.41, 5.74) is 8.71. The van der Waals surface area contributed by atoms with E-state index in [1.807, 2.05) is 6.92 Å². The third-order valence-electron chi connectivity index (χ3n) is 4.54. The third kappa shape index (κ3) is 3.78. The molecule has 0 atom stereocenters. The van der Waals surface area contributed by atoms with Gasteiger partial charge in [-0.15, -0.1) is 0 Å². The Morgan fingerprint density at radius 2 is 1.93 bits per heavy atom. The van der Waals surface area contributed by atoms with E-state index >= 15 is 0 Å². The SMILES string of the molecule is COc1ccc(Cc2c(C)nn(C)c2Nc2c(F)cccc2CN)c(F)c1. The molecular formula is C20H22F2N4O. The number of nitrogens with two attached hydrogens (primary N) is 1. The summed E-state index contributed by atoms with van der Waals surface area (Å²) < 4.78 is 35.4. The van der Waals surface area contributed by atoms with Gasteiger partial charge in [0.1, 0.15) is 23.2 Å². The van der Waals surface area contributed by atoms with Gasteiger partial charge in [0.25, 0.3) is 0 Å². The summed E-state index contributed by atoms with van der Waals surface area (Å²) in [5.74, 6) is 0.287. The third-order valence-corrected chi connectivity index (χ3v) is 4.54. The fourth-order valence-electron chi connectivity index (χ4n) is 3.06. The Kier molecular flexibility index (Phi) is 5.41. The van der Waals surface area contributed by atoms with Crippen LogP contribution in [0.5, 0.6) is 5.75 Å². The van der Waals surface area contributed by atoms with Crippen LogP contribution < -0.4 is 15.8 Å². The van der Waals surface area contributed by atoms with Crippen molar-refractivity contribution < 1.29 is 13.5 Å². The van der Waals surface area contributed by atoms with Crippen LogP contribution in [0.1, 0.15) is 22.4 Å². The molecule has 0 amide bonds. The first kappa shape index (κ1) is 18.8. The van der Waals surface area contributed by atoms with Crippen molar-refractivity contribution >= 4 is 11.5 Å². The van der Waals surface area contributed by atoms with E-state index in [9.17, 15) is 8.78 Å². The van der Waals surface area contributed by atoms with Crippen LogP contribution in [0, 0.1) is 18.6 Å². The number of nitrogens with zero attached hydrogens (tertiary/aromatic N) is 2.